The smallest absolute Gasteiger partial charge is 0.271 e. The highest BCUT2D eigenvalue weighted by Gasteiger charge is 2.30. The molecule has 10 nitrogen and oxygen atoms in total. The zero-order valence-corrected chi connectivity index (χ0v) is 19.5. The van der Waals surface area contributed by atoms with Crippen LogP contribution in [0.3, 0.4) is 0 Å². The topological polar surface area (TPSA) is 121 Å². The molecule has 2 N–H and O–H groups in total. The van der Waals surface area contributed by atoms with Crippen molar-refractivity contribution >= 4 is 45.8 Å². The lowest BCUT2D eigenvalue weighted by atomic mass is 10.0. The van der Waals surface area contributed by atoms with Gasteiger partial charge in [-0.2, -0.15) is 0 Å². The van der Waals surface area contributed by atoms with Crippen LogP contribution in [0.4, 0.5) is 22.7 Å². The molecule has 0 saturated heterocycles. The van der Waals surface area contributed by atoms with Crippen molar-refractivity contribution in [3.8, 4) is 0 Å². The van der Waals surface area contributed by atoms with E-state index in [1.54, 1.807) is 41.4 Å². The van der Waals surface area contributed by atoms with E-state index in [0.29, 0.717) is 40.3 Å². The van der Waals surface area contributed by atoms with Gasteiger partial charge < -0.3 is 20.4 Å². The van der Waals surface area contributed by atoms with Crippen LogP contribution in [0.1, 0.15) is 11.1 Å². The van der Waals surface area contributed by atoms with E-state index >= 15 is 0 Å². The second kappa shape index (κ2) is 9.74. The van der Waals surface area contributed by atoms with Crippen LogP contribution in [-0.4, -0.2) is 54.3 Å². The minimum absolute atomic E-state index is 0.0396. The summed E-state index contributed by atoms with van der Waals surface area (Å²) in [6, 6.07) is 15.1. The fourth-order valence-electron chi connectivity index (χ4n) is 3.75. The summed E-state index contributed by atoms with van der Waals surface area (Å²) in [5.41, 5.74) is 3.77. The summed E-state index contributed by atoms with van der Waals surface area (Å²) >= 11 is 0. The summed E-state index contributed by atoms with van der Waals surface area (Å²) in [7, 11) is 5.39. The van der Waals surface area contributed by atoms with Gasteiger partial charge in [-0.25, -0.2) is 0 Å². The molecule has 2 aromatic carbocycles. The molecule has 0 saturated carbocycles. The standard InChI is InChI=1S/C25H24N6O4/c1-29(2)15-22(32)30(3)18-8-6-17(7-9-18)27-24(16-5-4-12-26-14-16)23-20-11-10-19(31(34)35)13-21(20)28-25(23)33/h4-14,27H,15H2,1-3H3,(H,28,33)/b24-23-. The van der Waals surface area contributed by atoms with Crippen LogP contribution in [0.25, 0.3) is 11.3 Å². The third-order valence-electron chi connectivity index (χ3n) is 5.51. The fourth-order valence-corrected chi connectivity index (χ4v) is 3.75. The number of pyridine rings is 1. The number of benzene rings is 2. The Balaban J connectivity index is 1.71. The van der Waals surface area contributed by atoms with Gasteiger partial charge in [0.2, 0.25) is 5.91 Å². The molecule has 10 heteroatoms. The molecule has 178 valence electrons. The number of anilines is 3. The fraction of sp³-hybridized carbons (Fsp3) is 0.160. The summed E-state index contributed by atoms with van der Waals surface area (Å²) in [5.74, 6) is -0.417. The van der Waals surface area contributed by atoms with Crippen molar-refractivity contribution in [2.24, 2.45) is 0 Å². The van der Waals surface area contributed by atoms with Gasteiger partial charge in [0, 0.05) is 54.1 Å². The number of carbonyl (C=O) groups excluding carboxylic acids is 2. The first-order chi connectivity index (χ1) is 16.7. The third kappa shape index (κ3) is 5.02. The first-order valence-corrected chi connectivity index (χ1v) is 10.8. The predicted molar refractivity (Wildman–Crippen MR) is 135 cm³/mol. The van der Waals surface area contributed by atoms with Crippen molar-refractivity contribution in [3.63, 3.8) is 0 Å². The number of amides is 2. The Kier molecular flexibility index (Phi) is 6.56. The summed E-state index contributed by atoms with van der Waals surface area (Å²) in [5, 5.41) is 17.2. The van der Waals surface area contributed by atoms with Crippen LogP contribution in [-0.2, 0) is 9.59 Å². The third-order valence-corrected chi connectivity index (χ3v) is 5.51. The van der Waals surface area contributed by atoms with Crippen LogP contribution in [0, 0.1) is 10.1 Å². The number of hydrogen-bond donors (Lipinski definition) is 2. The lowest BCUT2D eigenvalue weighted by Gasteiger charge is -2.20. The van der Waals surface area contributed by atoms with Gasteiger partial charge in [0.1, 0.15) is 0 Å². The van der Waals surface area contributed by atoms with Gasteiger partial charge >= 0.3 is 0 Å². The molecule has 0 radical (unpaired) electrons. The van der Waals surface area contributed by atoms with Gasteiger partial charge in [-0.05, 0) is 56.6 Å². The number of nitro benzene ring substituents is 1. The second-order valence-electron chi connectivity index (χ2n) is 8.30. The van der Waals surface area contributed by atoms with Gasteiger partial charge in [-0.15, -0.1) is 0 Å². The predicted octanol–water partition coefficient (Wildman–Crippen LogP) is 3.45. The Morgan fingerprint density at radius 1 is 1.11 bits per heavy atom. The molecule has 1 aliphatic heterocycles. The Hall–Kier alpha value is -4.57. The highest BCUT2D eigenvalue weighted by Crippen LogP contribution is 2.39. The number of fused-ring (bicyclic) bond motifs is 1. The molecule has 0 atom stereocenters. The molecule has 2 heterocycles. The van der Waals surface area contributed by atoms with Crippen molar-refractivity contribution < 1.29 is 14.5 Å². The molecule has 0 bridgehead atoms. The SMILES string of the molecule is CN(C)CC(=O)N(C)c1ccc(N/C(=C2\C(=O)Nc3cc([N+](=O)[O-])ccc32)c2cccnc2)cc1. The summed E-state index contributed by atoms with van der Waals surface area (Å²) < 4.78 is 0. The molecule has 3 aromatic rings. The number of nitrogens with one attached hydrogen (secondary N) is 2. The number of nitrogens with zero attached hydrogens (tertiary/aromatic N) is 4. The summed E-state index contributed by atoms with van der Waals surface area (Å²) in [6.45, 7) is 0.292. The molecule has 2 amide bonds. The lowest BCUT2D eigenvalue weighted by Crippen LogP contribution is -2.34. The van der Waals surface area contributed by atoms with E-state index in [4.69, 9.17) is 0 Å². The maximum atomic E-state index is 13.0. The number of carbonyl (C=O) groups is 2. The Labute approximate surface area is 202 Å². The minimum Gasteiger partial charge on any atom is -0.354 e. The van der Waals surface area contributed by atoms with Crippen molar-refractivity contribution in [1.82, 2.24) is 9.88 Å². The number of non-ortho nitro benzene ring substituents is 1. The summed E-state index contributed by atoms with van der Waals surface area (Å²) in [6.07, 6.45) is 3.27. The average Bonchev–Trinajstić information content (AvgIpc) is 3.17. The van der Waals surface area contributed by atoms with Crippen LogP contribution >= 0.6 is 0 Å². The molecule has 1 aromatic heterocycles. The number of nitro groups is 1. The minimum atomic E-state index is -0.504. The average molecular weight is 473 g/mol. The van der Waals surface area contributed by atoms with E-state index < -0.39 is 4.92 Å². The number of hydrogen-bond acceptors (Lipinski definition) is 7. The first-order valence-electron chi connectivity index (χ1n) is 10.8. The monoisotopic (exact) mass is 472 g/mol. The highest BCUT2D eigenvalue weighted by molar-refractivity contribution is 6.37. The molecular formula is C25H24N6O4. The Morgan fingerprint density at radius 2 is 1.86 bits per heavy atom. The molecule has 4 rings (SSSR count). The number of likely N-dealkylation sites (N-methyl/N-ethyl adjacent to an activating group) is 2. The van der Waals surface area contributed by atoms with Gasteiger partial charge in [0.25, 0.3) is 11.6 Å². The van der Waals surface area contributed by atoms with E-state index in [-0.39, 0.29) is 17.5 Å². The van der Waals surface area contributed by atoms with Gasteiger partial charge in [-0.3, -0.25) is 24.7 Å². The zero-order chi connectivity index (χ0) is 25.1. The van der Waals surface area contributed by atoms with Crippen molar-refractivity contribution in [1.29, 1.82) is 0 Å². The molecule has 0 fully saturated rings. The second-order valence-corrected chi connectivity index (χ2v) is 8.30. The van der Waals surface area contributed by atoms with E-state index in [9.17, 15) is 19.7 Å². The Bertz CT molecular complexity index is 1320. The van der Waals surface area contributed by atoms with Gasteiger partial charge in [-0.1, -0.05) is 0 Å². The van der Waals surface area contributed by atoms with Crippen LogP contribution < -0.4 is 15.5 Å². The van der Waals surface area contributed by atoms with E-state index in [0.717, 1.165) is 5.69 Å². The van der Waals surface area contributed by atoms with E-state index in [1.165, 1.54) is 12.1 Å². The maximum absolute atomic E-state index is 13.0. The maximum Gasteiger partial charge on any atom is 0.271 e. The first kappa shape index (κ1) is 23.6. The van der Waals surface area contributed by atoms with Crippen molar-refractivity contribution in [2.75, 3.05) is 43.2 Å². The molecule has 0 aliphatic carbocycles. The van der Waals surface area contributed by atoms with Crippen LogP contribution in [0.5, 0.6) is 0 Å². The largest absolute Gasteiger partial charge is 0.354 e. The van der Waals surface area contributed by atoms with Crippen LogP contribution in [0.2, 0.25) is 0 Å². The molecule has 1 aliphatic rings. The number of rotatable bonds is 7. The molecule has 0 spiro atoms. The quantitative estimate of drug-likeness (QED) is 0.307. The Morgan fingerprint density at radius 3 is 2.49 bits per heavy atom. The summed E-state index contributed by atoms with van der Waals surface area (Å²) in [4.78, 5) is 43.6. The number of aromatic nitrogens is 1. The highest BCUT2D eigenvalue weighted by atomic mass is 16.6. The van der Waals surface area contributed by atoms with Gasteiger partial charge in [0.05, 0.1) is 28.4 Å². The van der Waals surface area contributed by atoms with Crippen molar-refractivity contribution in [2.45, 2.75) is 0 Å². The van der Waals surface area contributed by atoms with Gasteiger partial charge in [0.15, 0.2) is 0 Å². The van der Waals surface area contributed by atoms with E-state index in [2.05, 4.69) is 15.6 Å². The van der Waals surface area contributed by atoms with Crippen LogP contribution in [0.15, 0.2) is 67.0 Å². The zero-order valence-electron chi connectivity index (χ0n) is 19.5. The molecule has 0 unspecified atom stereocenters. The lowest BCUT2D eigenvalue weighted by molar-refractivity contribution is -0.384. The van der Waals surface area contributed by atoms with E-state index in [1.807, 2.05) is 44.4 Å². The van der Waals surface area contributed by atoms with Crippen molar-refractivity contribution in [3.05, 3.63) is 88.2 Å². The normalized spacial score (nSPS) is 13.8. The molecular weight excluding hydrogens is 448 g/mol. The molecule has 35 heavy (non-hydrogen) atoms.